The topological polar surface area (TPSA) is 110 Å². The quantitative estimate of drug-likeness (QED) is 0.159. The highest BCUT2D eigenvalue weighted by molar-refractivity contribution is 7.80. The fourth-order valence-corrected chi connectivity index (χ4v) is 2.94. The molecule has 4 N–H and O–H groups in total. The van der Waals surface area contributed by atoms with E-state index < -0.39 is 16.1 Å². The van der Waals surface area contributed by atoms with E-state index in [4.69, 9.17) is 10.3 Å². The summed E-state index contributed by atoms with van der Waals surface area (Å²) in [5.74, 6) is 0.199. The predicted molar refractivity (Wildman–Crippen MR) is 117 cm³/mol. The highest BCUT2D eigenvalue weighted by Gasteiger charge is 2.21. The van der Waals surface area contributed by atoms with Crippen LogP contribution in [0.1, 0.15) is 117 Å². The second kappa shape index (κ2) is 18.8. The minimum Gasteiger partial charge on any atom is -0.376 e. The zero-order chi connectivity index (χ0) is 21.9. The van der Waals surface area contributed by atoms with E-state index in [1.165, 1.54) is 89.9 Å². The number of hydrogen-bond donors (Lipinski definition) is 3. The Labute approximate surface area is 174 Å². The van der Waals surface area contributed by atoms with Gasteiger partial charge in [0.05, 0.1) is 7.11 Å². The normalized spacial score (nSPS) is 14.8. The Bertz CT molecular complexity index is 421. The van der Waals surface area contributed by atoms with Gasteiger partial charge in [-0.05, 0) is 19.3 Å². The Kier molecular flexibility index (Phi) is 20.1. The molecule has 0 rings (SSSR count). The van der Waals surface area contributed by atoms with Gasteiger partial charge in [-0.25, -0.2) is 0 Å². The molecule has 0 amide bonds. The van der Waals surface area contributed by atoms with Crippen LogP contribution in [0.15, 0.2) is 0 Å². The van der Waals surface area contributed by atoms with Crippen LogP contribution in [0.2, 0.25) is 0 Å². The standard InChI is InChI=1S/C20H43NO.CH4O4S/c1-4-5-6-7-8-9-10-11-12-13-14-15-16-17-18-19(2)20(3,21)22;1-5-6(2,3)4/h19,22H,4-18,21H2,1-3H3;1H3,(H,2,3,4). The predicted octanol–water partition coefficient (Wildman–Crippen LogP) is 5.60. The van der Waals surface area contributed by atoms with Gasteiger partial charge in [0.25, 0.3) is 0 Å². The van der Waals surface area contributed by atoms with Crippen molar-refractivity contribution in [3.05, 3.63) is 0 Å². The lowest BCUT2D eigenvalue weighted by molar-refractivity contribution is 0.00810. The summed E-state index contributed by atoms with van der Waals surface area (Å²) >= 11 is 0. The first-order valence-electron chi connectivity index (χ1n) is 11.1. The maximum atomic E-state index is 9.67. The molecule has 0 bridgehead atoms. The van der Waals surface area contributed by atoms with Crippen molar-refractivity contribution in [3.8, 4) is 0 Å². The van der Waals surface area contributed by atoms with E-state index >= 15 is 0 Å². The lowest BCUT2D eigenvalue weighted by atomic mass is 9.93. The zero-order valence-corrected chi connectivity index (χ0v) is 19.6. The van der Waals surface area contributed by atoms with Crippen molar-refractivity contribution in [2.45, 2.75) is 123 Å². The number of unbranched alkanes of at least 4 members (excludes halogenated alkanes) is 13. The van der Waals surface area contributed by atoms with E-state index in [-0.39, 0.29) is 5.92 Å². The molecule has 2 unspecified atom stereocenters. The largest absolute Gasteiger partial charge is 0.397 e. The number of nitrogens with two attached hydrogens (primary N) is 1. The van der Waals surface area contributed by atoms with Crippen molar-refractivity contribution in [1.82, 2.24) is 0 Å². The van der Waals surface area contributed by atoms with Crippen LogP contribution in [0.3, 0.4) is 0 Å². The maximum absolute atomic E-state index is 9.67. The molecule has 0 aliphatic rings. The van der Waals surface area contributed by atoms with E-state index in [0.717, 1.165) is 13.5 Å². The van der Waals surface area contributed by atoms with Gasteiger partial charge >= 0.3 is 10.4 Å². The first-order chi connectivity index (χ1) is 13.0. The van der Waals surface area contributed by atoms with Gasteiger partial charge in [0.15, 0.2) is 0 Å². The van der Waals surface area contributed by atoms with Crippen LogP contribution in [-0.4, -0.2) is 30.9 Å². The molecule has 28 heavy (non-hydrogen) atoms. The highest BCUT2D eigenvalue weighted by Crippen LogP contribution is 2.19. The van der Waals surface area contributed by atoms with Crippen molar-refractivity contribution in [2.75, 3.05) is 7.11 Å². The molecule has 172 valence electrons. The molecule has 0 fully saturated rings. The fourth-order valence-electron chi connectivity index (χ4n) is 2.94. The summed E-state index contributed by atoms with van der Waals surface area (Å²) in [7, 11) is -3.29. The number of rotatable bonds is 17. The van der Waals surface area contributed by atoms with Crippen LogP contribution in [0.25, 0.3) is 0 Å². The third kappa shape index (κ3) is 25.8. The summed E-state index contributed by atoms with van der Waals surface area (Å²) in [6.07, 6.45) is 20.5. The van der Waals surface area contributed by atoms with Crippen molar-refractivity contribution in [1.29, 1.82) is 0 Å². The smallest absolute Gasteiger partial charge is 0.376 e. The van der Waals surface area contributed by atoms with E-state index in [1.807, 2.05) is 6.92 Å². The van der Waals surface area contributed by atoms with Crippen LogP contribution in [0, 0.1) is 5.92 Å². The summed E-state index contributed by atoms with van der Waals surface area (Å²) < 4.78 is 29.7. The SMILES string of the molecule is CCCCCCCCCCCCCCCCC(C)C(C)(N)O.COS(=O)(=O)O. The molecule has 0 saturated carbocycles. The van der Waals surface area contributed by atoms with Crippen LogP contribution in [0.4, 0.5) is 0 Å². The van der Waals surface area contributed by atoms with Crippen LogP contribution < -0.4 is 5.73 Å². The molecule has 0 aliphatic heterocycles. The van der Waals surface area contributed by atoms with Gasteiger partial charge in [0, 0.05) is 0 Å². The summed E-state index contributed by atoms with van der Waals surface area (Å²) in [5, 5.41) is 9.67. The van der Waals surface area contributed by atoms with Crippen LogP contribution in [0.5, 0.6) is 0 Å². The van der Waals surface area contributed by atoms with Gasteiger partial charge in [-0.15, -0.1) is 0 Å². The number of hydrogen-bond acceptors (Lipinski definition) is 5. The van der Waals surface area contributed by atoms with Gasteiger partial charge in [-0.1, -0.05) is 104 Å². The minimum absolute atomic E-state index is 0.199. The zero-order valence-electron chi connectivity index (χ0n) is 18.8. The molecule has 0 saturated heterocycles. The summed E-state index contributed by atoms with van der Waals surface area (Å²) in [6, 6.07) is 0. The third-order valence-corrected chi connectivity index (χ3v) is 5.62. The van der Waals surface area contributed by atoms with Crippen LogP contribution in [-0.2, 0) is 14.6 Å². The molecule has 2 atom stereocenters. The molecule has 7 heteroatoms. The second-order valence-electron chi connectivity index (χ2n) is 8.11. The Morgan fingerprint density at radius 1 is 0.857 bits per heavy atom. The molecule has 0 radical (unpaired) electrons. The van der Waals surface area contributed by atoms with Gasteiger partial charge < -0.3 is 10.8 Å². The van der Waals surface area contributed by atoms with E-state index in [2.05, 4.69) is 11.1 Å². The third-order valence-electron chi connectivity index (χ3n) is 5.20. The molecule has 6 nitrogen and oxygen atoms in total. The molecule has 0 aromatic rings. The Balaban J connectivity index is 0. The molecule has 0 aromatic carbocycles. The maximum Gasteiger partial charge on any atom is 0.397 e. The lowest BCUT2D eigenvalue weighted by Gasteiger charge is -2.25. The van der Waals surface area contributed by atoms with Gasteiger partial charge in [-0.3, -0.25) is 8.74 Å². The highest BCUT2D eigenvalue weighted by atomic mass is 32.3. The van der Waals surface area contributed by atoms with Gasteiger partial charge in [-0.2, -0.15) is 8.42 Å². The molecule has 0 heterocycles. The first kappa shape index (κ1) is 30.0. The fraction of sp³-hybridized carbons (Fsp3) is 1.00. The number of aliphatic hydroxyl groups is 1. The van der Waals surface area contributed by atoms with Crippen molar-refractivity contribution in [2.24, 2.45) is 11.7 Å². The molecule has 0 spiro atoms. The average molecular weight is 426 g/mol. The summed E-state index contributed by atoms with van der Waals surface area (Å²) in [4.78, 5) is 0. The molecular formula is C21H47NO5S. The Morgan fingerprint density at radius 3 is 1.39 bits per heavy atom. The first-order valence-corrected chi connectivity index (χ1v) is 12.4. The van der Waals surface area contributed by atoms with Gasteiger partial charge in [0.1, 0.15) is 5.72 Å². The van der Waals surface area contributed by atoms with E-state index in [0.29, 0.717) is 0 Å². The lowest BCUT2D eigenvalue weighted by Crippen LogP contribution is -2.42. The van der Waals surface area contributed by atoms with Crippen molar-refractivity contribution < 1.29 is 22.3 Å². The molecular weight excluding hydrogens is 378 g/mol. The monoisotopic (exact) mass is 425 g/mol. The van der Waals surface area contributed by atoms with E-state index in [1.54, 1.807) is 6.92 Å². The summed E-state index contributed by atoms with van der Waals surface area (Å²) in [5.41, 5.74) is 4.69. The summed E-state index contributed by atoms with van der Waals surface area (Å²) in [6.45, 7) is 6.03. The van der Waals surface area contributed by atoms with E-state index in [9.17, 15) is 13.5 Å². The molecule has 0 aliphatic carbocycles. The molecule has 0 aromatic heterocycles. The Hall–Kier alpha value is -0.210. The second-order valence-corrected chi connectivity index (χ2v) is 9.29. The average Bonchev–Trinajstić information content (AvgIpc) is 2.61. The van der Waals surface area contributed by atoms with Crippen molar-refractivity contribution >= 4 is 10.4 Å². The Morgan fingerprint density at radius 2 is 1.14 bits per heavy atom. The van der Waals surface area contributed by atoms with Crippen molar-refractivity contribution in [3.63, 3.8) is 0 Å². The minimum atomic E-state index is -4.16. The van der Waals surface area contributed by atoms with Crippen LogP contribution >= 0.6 is 0 Å². The van der Waals surface area contributed by atoms with Gasteiger partial charge in [0.2, 0.25) is 0 Å².